The van der Waals surface area contributed by atoms with Crippen LogP contribution in [0.3, 0.4) is 0 Å². The standard InChI is InChI=1S/C15H16O3S/c1-17-11-8-13(19-9-11)14(16)12-6-2-4-10-5-3-7-18-15(10)12/h2,4,6,8-9,14,16H,3,5,7H2,1H3. The van der Waals surface area contributed by atoms with Gasteiger partial charge in [0.25, 0.3) is 0 Å². The minimum absolute atomic E-state index is 0.651. The number of thiophene rings is 1. The topological polar surface area (TPSA) is 38.7 Å². The van der Waals surface area contributed by atoms with Crippen molar-refractivity contribution in [2.75, 3.05) is 13.7 Å². The summed E-state index contributed by atoms with van der Waals surface area (Å²) in [7, 11) is 1.63. The maximum absolute atomic E-state index is 10.5. The van der Waals surface area contributed by atoms with Gasteiger partial charge in [0.1, 0.15) is 17.6 Å². The third-order valence-corrected chi connectivity index (χ3v) is 4.32. The smallest absolute Gasteiger partial charge is 0.129 e. The number of methoxy groups -OCH3 is 1. The monoisotopic (exact) mass is 276 g/mol. The molecule has 0 amide bonds. The van der Waals surface area contributed by atoms with Gasteiger partial charge in [0, 0.05) is 15.8 Å². The molecule has 0 saturated heterocycles. The third-order valence-electron chi connectivity index (χ3n) is 3.36. The summed E-state index contributed by atoms with van der Waals surface area (Å²) in [6.45, 7) is 0.727. The van der Waals surface area contributed by atoms with Gasteiger partial charge in [0.2, 0.25) is 0 Å². The Morgan fingerprint density at radius 3 is 3.11 bits per heavy atom. The molecule has 1 aromatic carbocycles. The molecule has 0 saturated carbocycles. The first kappa shape index (κ1) is 12.5. The summed E-state index contributed by atoms with van der Waals surface area (Å²) in [4.78, 5) is 0.874. The van der Waals surface area contributed by atoms with Crippen LogP contribution in [0.5, 0.6) is 11.5 Å². The molecule has 2 aromatic rings. The van der Waals surface area contributed by atoms with Crippen molar-refractivity contribution in [1.82, 2.24) is 0 Å². The number of rotatable bonds is 3. The molecule has 1 unspecified atom stereocenters. The van der Waals surface area contributed by atoms with Gasteiger partial charge in [0.05, 0.1) is 13.7 Å². The lowest BCUT2D eigenvalue weighted by Gasteiger charge is -2.22. The van der Waals surface area contributed by atoms with Crippen LogP contribution in [0.25, 0.3) is 0 Å². The molecule has 0 spiro atoms. The molecule has 1 aliphatic heterocycles. The van der Waals surface area contributed by atoms with E-state index in [0.29, 0.717) is 0 Å². The number of aliphatic hydroxyl groups is 1. The minimum Gasteiger partial charge on any atom is -0.496 e. The van der Waals surface area contributed by atoms with Crippen molar-refractivity contribution in [3.8, 4) is 11.5 Å². The van der Waals surface area contributed by atoms with Gasteiger partial charge in [-0.2, -0.15) is 0 Å². The highest BCUT2D eigenvalue weighted by atomic mass is 32.1. The highest BCUT2D eigenvalue weighted by molar-refractivity contribution is 7.10. The zero-order valence-electron chi connectivity index (χ0n) is 10.8. The Bertz CT molecular complexity index is 577. The molecule has 1 aliphatic rings. The van der Waals surface area contributed by atoms with Crippen molar-refractivity contribution in [1.29, 1.82) is 0 Å². The van der Waals surface area contributed by atoms with E-state index in [-0.39, 0.29) is 0 Å². The highest BCUT2D eigenvalue weighted by Crippen LogP contribution is 2.38. The van der Waals surface area contributed by atoms with Gasteiger partial charge < -0.3 is 14.6 Å². The molecule has 0 bridgehead atoms. The van der Waals surface area contributed by atoms with Crippen molar-refractivity contribution in [2.24, 2.45) is 0 Å². The van der Waals surface area contributed by atoms with Crippen molar-refractivity contribution in [2.45, 2.75) is 18.9 Å². The van der Waals surface area contributed by atoms with E-state index in [9.17, 15) is 5.11 Å². The molecular weight excluding hydrogens is 260 g/mol. The van der Waals surface area contributed by atoms with E-state index < -0.39 is 6.10 Å². The largest absolute Gasteiger partial charge is 0.496 e. The van der Waals surface area contributed by atoms with Crippen LogP contribution < -0.4 is 9.47 Å². The van der Waals surface area contributed by atoms with Gasteiger partial charge in [-0.3, -0.25) is 0 Å². The summed E-state index contributed by atoms with van der Waals surface area (Å²) in [5, 5.41) is 12.4. The van der Waals surface area contributed by atoms with Gasteiger partial charge in [-0.25, -0.2) is 0 Å². The van der Waals surface area contributed by atoms with Gasteiger partial charge in [-0.05, 0) is 24.5 Å². The second-order valence-corrected chi connectivity index (χ2v) is 5.52. The maximum atomic E-state index is 10.5. The summed E-state index contributed by atoms with van der Waals surface area (Å²) in [6.07, 6.45) is 1.41. The lowest BCUT2D eigenvalue weighted by atomic mass is 9.98. The molecule has 4 heteroatoms. The van der Waals surface area contributed by atoms with Crippen LogP contribution in [0.2, 0.25) is 0 Å². The van der Waals surface area contributed by atoms with Crippen LogP contribution >= 0.6 is 11.3 Å². The fourth-order valence-electron chi connectivity index (χ4n) is 2.37. The number of aryl methyl sites for hydroxylation is 1. The SMILES string of the molecule is COc1csc(C(O)c2cccc3c2OCCC3)c1. The lowest BCUT2D eigenvalue weighted by molar-refractivity contribution is 0.209. The fraction of sp³-hybridized carbons (Fsp3) is 0.333. The third kappa shape index (κ3) is 2.33. The van der Waals surface area contributed by atoms with E-state index in [4.69, 9.17) is 9.47 Å². The predicted octanol–water partition coefficient (Wildman–Crippen LogP) is 3.16. The van der Waals surface area contributed by atoms with Crippen molar-refractivity contribution in [3.05, 3.63) is 45.6 Å². The van der Waals surface area contributed by atoms with Gasteiger partial charge in [-0.1, -0.05) is 18.2 Å². The molecular formula is C15H16O3S. The van der Waals surface area contributed by atoms with Crippen LogP contribution in [0.4, 0.5) is 0 Å². The summed E-state index contributed by atoms with van der Waals surface area (Å²) in [5.74, 6) is 1.64. The molecule has 1 aromatic heterocycles. The van der Waals surface area contributed by atoms with Crippen LogP contribution in [0.1, 0.15) is 28.5 Å². The summed E-state index contributed by atoms with van der Waals surface area (Å²) < 4.78 is 10.9. The first-order valence-corrected chi connectivity index (χ1v) is 7.22. The van der Waals surface area contributed by atoms with Crippen molar-refractivity contribution >= 4 is 11.3 Å². The normalized spacial score (nSPS) is 15.5. The van der Waals surface area contributed by atoms with E-state index in [1.807, 2.05) is 23.6 Å². The molecule has 3 nitrogen and oxygen atoms in total. The summed E-state index contributed by atoms with van der Waals surface area (Å²) in [5.41, 5.74) is 2.04. The molecule has 1 N–H and O–H groups in total. The quantitative estimate of drug-likeness (QED) is 0.936. The molecule has 3 rings (SSSR count). The van der Waals surface area contributed by atoms with Gasteiger partial charge in [0.15, 0.2) is 0 Å². The Hall–Kier alpha value is -1.52. The zero-order valence-corrected chi connectivity index (χ0v) is 11.6. The number of para-hydroxylation sites is 1. The number of fused-ring (bicyclic) bond motifs is 1. The summed E-state index contributed by atoms with van der Waals surface area (Å²) in [6, 6.07) is 7.86. The van der Waals surface area contributed by atoms with Crippen LogP contribution in [-0.4, -0.2) is 18.8 Å². The second kappa shape index (κ2) is 5.23. The number of aliphatic hydroxyl groups excluding tert-OH is 1. The van der Waals surface area contributed by atoms with Gasteiger partial charge >= 0.3 is 0 Å². The first-order chi connectivity index (χ1) is 9.29. The van der Waals surface area contributed by atoms with E-state index in [1.54, 1.807) is 7.11 Å². The minimum atomic E-state index is -0.651. The second-order valence-electron chi connectivity index (χ2n) is 4.58. The van der Waals surface area contributed by atoms with Crippen LogP contribution in [-0.2, 0) is 6.42 Å². The molecule has 0 radical (unpaired) electrons. The fourth-order valence-corrected chi connectivity index (χ4v) is 3.22. The number of benzene rings is 1. The highest BCUT2D eigenvalue weighted by Gasteiger charge is 2.21. The Kier molecular flexibility index (Phi) is 3.44. The van der Waals surface area contributed by atoms with Crippen molar-refractivity contribution < 1.29 is 14.6 Å². The molecule has 1 atom stereocenters. The molecule has 100 valence electrons. The maximum Gasteiger partial charge on any atom is 0.129 e. The predicted molar refractivity (Wildman–Crippen MR) is 75.2 cm³/mol. The Morgan fingerprint density at radius 1 is 1.42 bits per heavy atom. The van der Waals surface area contributed by atoms with Gasteiger partial charge in [-0.15, -0.1) is 11.3 Å². The Labute approximate surface area is 116 Å². The number of hydrogen-bond acceptors (Lipinski definition) is 4. The van der Waals surface area contributed by atoms with Crippen molar-refractivity contribution in [3.63, 3.8) is 0 Å². The van der Waals surface area contributed by atoms with Crippen LogP contribution in [0.15, 0.2) is 29.6 Å². The molecule has 0 aliphatic carbocycles. The van der Waals surface area contributed by atoms with Crippen LogP contribution in [0, 0.1) is 0 Å². The van der Waals surface area contributed by atoms with E-state index in [1.165, 1.54) is 16.9 Å². The Morgan fingerprint density at radius 2 is 2.32 bits per heavy atom. The average Bonchev–Trinajstić information content (AvgIpc) is 2.95. The number of hydrogen-bond donors (Lipinski definition) is 1. The number of ether oxygens (including phenoxy) is 2. The average molecular weight is 276 g/mol. The lowest BCUT2D eigenvalue weighted by Crippen LogP contribution is -2.12. The molecule has 0 fully saturated rings. The van der Waals surface area contributed by atoms with E-state index in [2.05, 4.69) is 6.07 Å². The Balaban J connectivity index is 1.97. The van der Waals surface area contributed by atoms with E-state index >= 15 is 0 Å². The van der Waals surface area contributed by atoms with E-state index in [0.717, 1.165) is 41.4 Å². The first-order valence-electron chi connectivity index (χ1n) is 6.34. The molecule has 19 heavy (non-hydrogen) atoms. The molecule has 2 heterocycles. The summed E-state index contributed by atoms with van der Waals surface area (Å²) >= 11 is 1.50. The zero-order chi connectivity index (χ0) is 13.2.